The van der Waals surface area contributed by atoms with E-state index in [-0.39, 0.29) is 5.91 Å². The molecule has 1 aliphatic heterocycles. The zero-order chi connectivity index (χ0) is 15.1. The van der Waals surface area contributed by atoms with E-state index in [0.717, 1.165) is 36.3 Å². The monoisotopic (exact) mass is 353 g/mol. The Morgan fingerprint density at radius 1 is 1.52 bits per heavy atom. The molecule has 0 saturated carbocycles. The van der Waals surface area contributed by atoms with Crippen LogP contribution in [0.1, 0.15) is 19.8 Å². The van der Waals surface area contributed by atoms with Gasteiger partial charge in [0.2, 0.25) is 5.91 Å². The topological polar surface area (TPSA) is 44.4 Å². The summed E-state index contributed by atoms with van der Waals surface area (Å²) in [5.41, 5.74) is 0.838. The second kappa shape index (κ2) is 8.51. The van der Waals surface area contributed by atoms with Crippen molar-refractivity contribution in [2.75, 3.05) is 38.0 Å². The number of nitrogens with one attached hydrogen (secondary N) is 2. The molecule has 1 aromatic carbocycles. The van der Waals surface area contributed by atoms with Crippen LogP contribution in [0, 0.1) is 5.92 Å². The summed E-state index contributed by atoms with van der Waals surface area (Å²) in [5.74, 6) is 0.719. The van der Waals surface area contributed by atoms with E-state index in [9.17, 15) is 4.79 Å². The maximum absolute atomic E-state index is 12.2. The summed E-state index contributed by atoms with van der Waals surface area (Å²) in [5, 5.41) is 6.39. The maximum Gasteiger partial charge on any atom is 0.238 e. The molecular formula is C16H24BrN3O. The van der Waals surface area contributed by atoms with Crippen LogP contribution >= 0.6 is 15.9 Å². The van der Waals surface area contributed by atoms with Gasteiger partial charge >= 0.3 is 0 Å². The van der Waals surface area contributed by atoms with Crippen LogP contribution in [-0.2, 0) is 4.79 Å². The number of rotatable bonds is 6. The summed E-state index contributed by atoms with van der Waals surface area (Å²) in [6, 6.07) is 7.69. The number of benzene rings is 1. The molecule has 1 fully saturated rings. The van der Waals surface area contributed by atoms with Gasteiger partial charge in [-0.1, -0.05) is 28.9 Å². The van der Waals surface area contributed by atoms with Crippen molar-refractivity contribution < 1.29 is 4.79 Å². The summed E-state index contributed by atoms with van der Waals surface area (Å²) in [4.78, 5) is 14.4. The first kappa shape index (κ1) is 16.5. The lowest BCUT2D eigenvalue weighted by atomic mass is 9.99. The lowest BCUT2D eigenvalue weighted by Gasteiger charge is -2.29. The van der Waals surface area contributed by atoms with Crippen molar-refractivity contribution in [1.82, 2.24) is 10.2 Å². The van der Waals surface area contributed by atoms with Crippen LogP contribution in [0.4, 0.5) is 5.69 Å². The van der Waals surface area contributed by atoms with Crippen molar-refractivity contribution >= 4 is 27.5 Å². The molecule has 0 aromatic heterocycles. The van der Waals surface area contributed by atoms with E-state index in [1.165, 1.54) is 12.8 Å². The Hall–Kier alpha value is -0.910. The van der Waals surface area contributed by atoms with Gasteiger partial charge in [0.15, 0.2) is 0 Å². The molecule has 1 aromatic rings. The molecule has 2 N–H and O–H groups in total. The number of nitrogens with zero attached hydrogens (tertiary/aromatic N) is 1. The number of carbonyl (C=O) groups is 1. The fourth-order valence-corrected chi connectivity index (χ4v) is 3.12. The Morgan fingerprint density at radius 2 is 2.38 bits per heavy atom. The first-order chi connectivity index (χ1) is 10.2. The Bertz CT molecular complexity index is 461. The van der Waals surface area contributed by atoms with Gasteiger partial charge in [-0.05, 0) is 56.6 Å². The molecule has 1 amide bonds. The predicted molar refractivity (Wildman–Crippen MR) is 90.5 cm³/mol. The Kier molecular flexibility index (Phi) is 6.67. The van der Waals surface area contributed by atoms with Crippen LogP contribution in [0.25, 0.3) is 0 Å². The molecule has 1 unspecified atom stereocenters. The average molecular weight is 354 g/mol. The van der Waals surface area contributed by atoms with E-state index in [1.54, 1.807) is 0 Å². The molecule has 0 bridgehead atoms. The van der Waals surface area contributed by atoms with Gasteiger partial charge in [-0.2, -0.15) is 0 Å². The largest absolute Gasteiger partial charge is 0.325 e. The second-order valence-electron chi connectivity index (χ2n) is 5.60. The number of hydrogen-bond acceptors (Lipinski definition) is 3. The second-order valence-corrected chi connectivity index (χ2v) is 6.51. The van der Waals surface area contributed by atoms with Crippen molar-refractivity contribution in [3.8, 4) is 0 Å². The summed E-state index contributed by atoms with van der Waals surface area (Å²) in [6.45, 7) is 6.68. The van der Waals surface area contributed by atoms with Gasteiger partial charge in [0.05, 0.1) is 6.54 Å². The number of carbonyl (C=O) groups excluding carboxylic acids is 1. The van der Waals surface area contributed by atoms with Crippen LogP contribution in [0.5, 0.6) is 0 Å². The first-order valence-electron chi connectivity index (χ1n) is 7.66. The number of anilines is 1. The molecule has 1 saturated heterocycles. The fraction of sp³-hybridized carbons (Fsp3) is 0.562. The predicted octanol–water partition coefficient (Wildman–Crippen LogP) is 2.71. The third-order valence-corrected chi connectivity index (χ3v) is 4.33. The van der Waals surface area contributed by atoms with E-state index in [2.05, 4.69) is 38.4 Å². The number of hydrogen-bond donors (Lipinski definition) is 2. The summed E-state index contributed by atoms with van der Waals surface area (Å²) >= 11 is 3.41. The molecule has 4 nitrogen and oxygen atoms in total. The van der Waals surface area contributed by atoms with Gasteiger partial charge in [0.25, 0.3) is 0 Å². The lowest BCUT2D eigenvalue weighted by molar-refractivity contribution is -0.117. The van der Waals surface area contributed by atoms with E-state index >= 15 is 0 Å². The van der Waals surface area contributed by atoms with Crippen molar-refractivity contribution in [3.05, 3.63) is 28.7 Å². The molecule has 116 valence electrons. The minimum Gasteiger partial charge on any atom is -0.325 e. The van der Waals surface area contributed by atoms with Crippen LogP contribution in [0.3, 0.4) is 0 Å². The van der Waals surface area contributed by atoms with Crippen molar-refractivity contribution in [3.63, 3.8) is 0 Å². The molecular weight excluding hydrogens is 330 g/mol. The van der Waals surface area contributed by atoms with E-state index in [0.29, 0.717) is 12.5 Å². The summed E-state index contributed by atoms with van der Waals surface area (Å²) in [7, 11) is 0. The highest BCUT2D eigenvalue weighted by molar-refractivity contribution is 9.10. The van der Waals surface area contributed by atoms with E-state index in [4.69, 9.17) is 0 Å². The summed E-state index contributed by atoms with van der Waals surface area (Å²) in [6.07, 6.45) is 2.50. The quantitative estimate of drug-likeness (QED) is 0.826. The molecule has 0 aliphatic carbocycles. The van der Waals surface area contributed by atoms with Crippen LogP contribution in [-0.4, -0.2) is 43.5 Å². The Morgan fingerprint density at radius 3 is 3.05 bits per heavy atom. The molecule has 0 radical (unpaired) electrons. The third kappa shape index (κ3) is 5.77. The van der Waals surface area contributed by atoms with Crippen LogP contribution in [0.15, 0.2) is 28.7 Å². The highest BCUT2D eigenvalue weighted by Gasteiger charge is 2.17. The van der Waals surface area contributed by atoms with E-state index in [1.807, 2.05) is 24.3 Å². The molecule has 1 atom stereocenters. The zero-order valence-electron chi connectivity index (χ0n) is 12.6. The first-order valence-corrected chi connectivity index (χ1v) is 8.45. The highest BCUT2D eigenvalue weighted by Crippen LogP contribution is 2.16. The smallest absolute Gasteiger partial charge is 0.238 e. The molecule has 5 heteroatoms. The molecule has 0 spiro atoms. The Balaban J connectivity index is 1.81. The normalized spacial score (nSPS) is 18.7. The molecule has 1 aliphatic rings. The molecule has 2 rings (SSSR count). The fourth-order valence-electron chi connectivity index (χ4n) is 2.72. The lowest BCUT2D eigenvalue weighted by Crippen LogP contribution is -2.41. The standard InChI is InChI=1S/C16H24BrN3O/c1-2-20(11-13-5-4-8-18-10-13)12-16(21)19-15-7-3-6-14(17)9-15/h3,6-7,9,13,18H,2,4-5,8,10-12H2,1H3,(H,19,21). The summed E-state index contributed by atoms with van der Waals surface area (Å²) < 4.78 is 0.973. The van der Waals surface area contributed by atoms with E-state index < -0.39 is 0 Å². The SMILES string of the molecule is CCN(CC(=O)Nc1cccc(Br)c1)CC1CCCNC1. The number of likely N-dealkylation sites (N-methyl/N-ethyl adjacent to an activating group) is 1. The average Bonchev–Trinajstić information content (AvgIpc) is 2.47. The highest BCUT2D eigenvalue weighted by atomic mass is 79.9. The Labute approximate surface area is 135 Å². The van der Waals surface area contributed by atoms with Crippen LogP contribution < -0.4 is 10.6 Å². The number of amides is 1. The van der Waals surface area contributed by atoms with Crippen LogP contribution in [0.2, 0.25) is 0 Å². The molecule has 1 heterocycles. The molecule has 21 heavy (non-hydrogen) atoms. The van der Waals surface area contributed by atoms with Gasteiger partial charge in [-0.15, -0.1) is 0 Å². The minimum absolute atomic E-state index is 0.0544. The van der Waals surface area contributed by atoms with Gasteiger partial charge in [0.1, 0.15) is 0 Å². The van der Waals surface area contributed by atoms with Gasteiger partial charge in [0, 0.05) is 16.7 Å². The third-order valence-electron chi connectivity index (χ3n) is 3.84. The van der Waals surface area contributed by atoms with Crippen molar-refractivity contribution in [1.29, 1.82) is 0 Å². The number of halogens is 1. The maximum atomic E-state index is 12.2. The van der Waals surface area contributed by atoms with Crippen molar-refractivity contribution in [2.24, 2.45) is 5.92 Å². The minimum atomic E-state index is 0.0544. The van der Waals surface area contributed by atoms with Gasteiger partial charge in [-0.25, -0.2) is 0 Å². The van der Waals surface area contributed by atoms with Gasteiger partial charge in [-0.3, -0.25) is 9.69 Å². The van der Waals surface area contributed by atoms with Crippen molar-refractivity contribution in [2.45, 2.75) is 19.8 Å². The zero-order valence-corrected chi connectivity index (χ0v) is 14.2. The number of piperidine rings is 1. The van der Waals surface area contributed by atoms with Gasteiger partial charge < -0.3 is 10.6 Å².